The zero-order chi connectivity index (χ0) is 31.4. The molecule has 2 aromatic rings. The SMILES string of the molecule is Cc1cc(C(C)(C)C)c(O)c(C)c1CCC(=O)C(C)CSCC(C)C(=O)OCc1c(C)cc(C(C)(C)C)c(O)c1C. The van der Waals surface area contributed by atoms with Gasteiger partial charge < -0.3 is 14.9 Å². The Morgan fingerprint density at radius 1 is 0.780 bits per heavy atom. The van der Waals surface area contributed by atoms with Crippen LogP contribution in [-0.4, -0.2) is 33.5 Å². The van der Waals surface area contributed by atoms with E-state index in [2.05, 4.69) is 41.5 Å². The highest BCUT2D eigenvalue weighted by molar-refractivity contribution is 7.99. The van der Waals surface area contributed by atoms with E-state index in [1.807, 2.05) is 53.7 Å². The first-order chi connectivity index (χ1) is 18.8. The molecule has 228 valence electrons. The van der Waals surface area contributed by atoms with Crippen LogP contribution in [0, 0.1) is 39.5 Å². The minimum Gasteiger partial charge on any atom is -0.507 e. The van der Waals surface area contributed by atoms with Crippen LogP contribution in [0.3, 0.4) is 0 Å². The van der Waals surface area contributed by atoms with E-state index >= 15 is 0 Å². The minimum absolute atomic E-state index is 0.124. The zero-order valence-electron chi connectivity index (χ0n) is 27.4. The van der Waals surface area contributed by atoms with Gasteiger partial charge in [0.25, 0.3) is 0 Å². The smallest absolute Gasteiger partial charge is 0.309 e. The van der Waals surface area contributed by atoms with E-state index in [-0.39, 0.29) is 46.8 Å². The molecule has 2 aromatic carbocycles. The molecule has 0 aromatic heterocycles. The second-order valence-corrected chi connectivity index (χ2v) is 14.9. The molecule has 6 heteroatoms. The number of carbonyl (C=O) groups excluding carboxylic acids is 2. The zero-order valence-corrected chi connectivity index (χ0v) is 28.2. The van der Waals surface area contributed by atoms with Gasteiger partial charge in [-0.2, -0.15) is 11.8 Å². The number of aromatic hydroxyl groups is 2. The van der Waals surface area contributed by atoms with Crippen molar-refractivity contribution < 1.29 is 24.5 Å². The van der Waals surface area contributed by atoms with E-state index in [0.717, 1.165) is 44.5 Å². The summed E-state index contributed by atoms with van der Waals surface area (Å²) in [7, 11) is 0. The minimum atomic E-state index is -0.306. The lowest BCUT2D eigenvalue weighted by atomic mass is 9.82. The molecule has 0 saturated heterocycles. The maximum atomic E-state index is 12.9. The molecule has 41 heavy (non-hydrogen) atoms. The van der Waals surface area contributed by atoms with Crippen molar-refractivity contribution in [2.45, 2.75) is 113 Å². The molecule has 0 aliphatic carbocycles. The largest absolute Gasteiger partial charge is 0.507 e. The summed E-state index contributed by atoms with van der Waals surface area (Å²) < 4.78 is 5.64. The van der Waals surface area contributed by atoms with Crippen molar-refractivity contribution in [3.63, 3.8) is 0 Å². The summed E-state index contributed by atoms with van der Waals surface area (Å²) in [5.41, 5.74) is 7.10. The summed E-state index contributed by atoms with van der Waals surface area (Å²) in [5, 5.41) is 21.5. The van der Waals surface area contributed by atoms with Crippen LogP contribution in [0.1, 0.15) is 106 Å². The Bertz CT molecular complexity index is 1170. The molecule has 0 fully saturated rings. The second-order valence-electron chi connectivity index (χ2n) is 13.8. The van der Waals surface area contributed by atoms with Crippen molar-refractivity contribution in [1.29, 1.82) is 0 Å². The number of thioether (sulfide) groups is 1. The standard InChI is InChI=1S/C35H52O5S/c1-20-15-28(34(7,8)9)31(37)24(5)26(20)13-14-30(36)22(3)18-41-19-23(4)33(39)40-17-27-21(2)16-29(35(10,11)12)32(38)25(27)6/h15-16,22-23,37-38H,13-14,17-19H2,1-12H3. The Kier molecular flexibility index (Phi) is 11.6. The number of hydrogen-bond acceptors (Lipinski definition) is 6. The molecule has 2 N–H and O–H groups in total. The van der Waals surface area contributed by atoms with Crippen LogP contribution >= 0.6 is 11.8 Å². The van der Waals surface area contributed by atoms with Crippen LogP contribution in [-0.2, 0) is 38.2 Å². The van der Waals surface area contributed by atoms with E-state index in [9.17, 15) is 19.8 Å². The van der Waals surface area contributed by atoms with E-state index in [4.69, 9.17) is 4.74 Å². The first-order valence-electron chi connectivity index (χ1n) is 14.7. The van der Waals surface area contributed by atoms with Gasteiger partial charge in [0, 0.05) is 23.8 Å². The van der Waals surface area contributed by atoms with E-state index in [1.165, 1.54) is 0 Å². The molecule has 0 amide bonds. The summed E-state index contributed by atoms with van der Waals surface area (Å²) in [5.74, 6) is 1.29. The predicted octanol–water partition coefficient (Wildman–Crippen LogP) is 8.18. The molecule has 2 unspecified atom stereocenters. The van der Waals surface area contributed by atoms with Crippen molar-refractivity contribution in [2.75, 3.05) is 11.5 Å². The van der Waals surface area contributed by atoms with Crippen molar-refractivity contribution >= 4 is 23.5 Å². The Balaban J connectivity index is 1.88. The number of Topliss-reactive ketones (excluding diaryl/α,β-unsaturated/α-hetero) is 1. The van der Waals surface area contributed by atoms with Gasteiger partial charge in [0.15, 0.2) is 0 Å². The number of rotatable bonds is 11. The van der Waals surface area contributed by atoms with Gasteiger partial charge in [-0.3, -0.25) is 9.59 Å². The maximum Gasteiger partial charge on any atom is 0.309 e. The third kappa shape index (κ3) is 8.76. The molecule has 0 aliphatic heterocycles. The van der Waals surface area contributed by atoms with Crippen LogP contribution in [0.25, 0.3) is 0 Å². The predicted molar refractivity (Wildman–Crippen MR) is 171 cm³/mol. The Morgan fingerprint density at radius 3 is 1.71 bits per heavy atom. The van der Waals surface area contributed by atoms with Gasteiger partial charge in [-0.05, 0) is 89.5 Å². The Morgan fingerprint density at radius 2 is 1.22 bits per heavy atom. The highest BCUT2D eigenvalue weighted by atomic mass is 32.2. The molecular weight excluding hydrogens is 532 g/mol. The topological polar surface area (TPSA) is 83.8 Å². The first-order valence-corrected chi connectivity index (χ1v) is 15.8. The summed E-state index contributed by atoms with van der Waals surface area (Å²) >= 11 is 1.59. The number of hydrogen-bond donors (Lipinski definition) is 2. The molecule has 0 radical (unpaired) electrons. The number of carbonyl (C=O) groups is 2. The summed E-state index contributed by atoms with van der Waals surface area (Å²) in [6.45, 7) is 24.2. The van der Waals surface area contributed by atoms with Crippen molar-refractivity contribution in [3.8, 4) is 11.5 Å². The molecule has 0 heterocycles. The lowest BCUT2D eigenvalue weighted by Crippen LogP contribution is -2.20. The molecule has 5 nitrogen and oxygen atoms in total. The lowest BCUT2D eigenvalue weighted by molar-refractivity contribution is -0.148. The normalized spacial score (nSPS) is 13.7. The van der Waals surface area contributed by atoms with Gasteiger partial charge in [0.2, 0.25) is 0 Å². The fourth-order valence-electron chi connectivity index (χ4n) is 5.14. The van der Waals surface area contributed by atoms with E-state index in [0.29, 0.717) is 30.1 Å². The Hall–Kier alpha value is -2.47. The Labute approximate surface area is 252 Å². The lowest BCUT2D eigenvalue weighted by Gasteiger charge is -2.24. The van der Waals surface area contributed by atoms with Gasteiger partial charge in [-0.15, -0.1) is 0 Å². The van der Waals surface area contributed by atoms with Crippen LogP contribution < -0.4 is 0 Å². The van der Waals surface area contributed by atoms with Crippen LogP contribution in [0.2, 0.25) is 0 Å². The number of aryl methyl sites for hydroxylation is 2. The molecule has 2 rings (SSSR count). The molecule has 0 saturated carbocycles. The van der Waals surface area contributed by atoms with Crippen LogP contribution in [0.4, 0.5) is 0 Å². The van der Waals surface area contributed by atoms with Crippen molar-refractivity contribution in [2.24, 2.45) is 11.8 Å². The van der Waals surface area contributed by atoms with Crippen LogP contribution in [0.5, 0.6) is 11.5 Å². The summed E-state index contributed by atoms with van der Waals surface area (Å²) in [4.78, 5) is 25.6. The number of benzene rings is 2. The monoisotopic (exact) mass is 584 g/mol. The number of phenolic OH excluding ortho intramolecular Hbond substituents is 2. The van der Waals surface area contributed by atoms with Gasteiger partial charge in [-0.25, -0.2) is 0 Å². The highest BCUT2D eigenvalue weighted by Crippen LogP contribution is 2.38. The van der Waals surface area contributed by atoms with Gasteiger partial charge in [-0.1, -0.05) is 67.5 Å². The molecular formula is C35H52O5S. The molecule has 0 spiro atoms. The quantitative estimate of drug-likeness (QED) is 0.259. The third-order valence-corrected chi connectivity index (χ3v) is 9.55. The fraction of sp³-hybridized carbons (Fsp3) is 0.600. The second kappa shape index (κ2) is 13.7. The summed E-state index contributed by atoms with van der Waals surface area (Å²) in [6.07, 6.45) is 1.03. The number of ether oxygens (including phenoxy) is 1. The first kappa shape index (κ1) is 34.7. The van der Waals surface area contributed by atoms with E-state index < -0.39 is 0 Å². The van der Waals surface area contributed by atoms with Gasteiger partial charge in [0.1, 0.15) is 23.9 Å². The van der Waals surface area contributed by atoms with Gasteiger partial charge >= 0.3 is 5.97 Å². The average Bonchev–Trinajstić information content (AvgIpc) is 2.86. The maximum absolute atomic E-state index is 12.9. The fourth-order valence-corrected chi connectivity index (χ4v) is 6.30. The average molecular weight is 585 g/mol. The molecule has 2 atom stereocenters. The highest BCUT2D eigenvalue weighted by Gasteiger charge is 2.25. The number of esters is 1. The van der Waals surface area contributed by atoms with E-state index in [1.54, 1.807) is 11.8 Å². The van der Waals surface area contributed by atoms with Crippen LogP contribution in [0.15, 0.2) is 12.1 Å². The van der Waals surface area contributed by atoms with Gasteiger partial charge in [0.05, 0.1) is 5.92 Å². The molecule has 0 aliphatic rings. The number of phenols is 2. The third-order valence-electron chi connectivity index (χ3n) is 8.08. The molecule has 0 bridgehead atoms. The van der Waals surface area contributed by atoms with Crippen molar-refractivity contribution in [3.05, 3.63) is 56.6 Å². The summed E-state index contributed by atoms with van der Waals surface area (Å²) in [6, 6.07) is 4.03. The number of ketones is 1. The van der Waals surface area contributed by atoms with Crippen molar-refractivity contribution in [1.82, 2.24) is 0 Å².